The highest BCUT2D eigenvalue weighted by Gasteiger charge is 2.18. The van der Waals surface area contributed by atoms with Crippen molar-refractivity contribution in [1.29, 1.82) is 0 Å². The minimum atomic E-state index is -1.01. The summed E-state index contributed by atoms with van der Waals surface area (Å²) in [6.07, 6.45) is -0.131. The third-order valence-corrected chi connectivity index (χ3v) is 2.74. The van der Waals surface area contributed by atoms with Gasteiger partial charge in [-0.15, -0.1) is 0 Å². The Morgan fingerprint density at radius 3 is 2.63 bits per heavy atom. The van der Waals surface area contributed by atoms with E-state index in [2.05, 4.69) is 5.32 Å². The first-order valence-electron chi connectivity index (χ1n) is 5.94. The summed E-state index contributed by atoms with van der Waals surface area (Å²) in [6, 6.07) is 4.68. The van der Waals surface area contributed by atoms with Gasteiger partial charge in [0.25, 0.3) is 0 Å². The van der Waals surface area contributed by atoms with Gasteiger partial charge in [0.2, 0.25) is 5.91 Å². The standard InChI is InChI=1S/C13H17FN2O3/c1-8(9-4-2-3-5-10(9)14)16-13(19)11(15)6-7-12(17)18/h2-5,8,11H,6-7,15H2,1H3,(H,16,19)(H,17,18). The first-order chi connectivity index (χ1) is 8.91. The Kier molecular flexibility index (Phi) is 5.44. The average molecular weight is 268 g/mol. The fourth-order valence-electron chi connectivity index (χ4n) is 1.63. The molecule has 1 amide bonds. The molecule has 0 heterocycles. The van der Waals surface area contributed by atoms with Crippen molar-refractivity contribution < 1.29 is 19.1 Å². The molecule has 0 aromatic heterocycles. The maximum absolute atomic E-state index is 13.5. The van der Waals surface area contributed by atoms with E-state index in [4.69, 9.17) is 10.8 Å². The summed E-state index contributed by atoms with van der Waals surface area (Å²) < 4.78 is 13.5. The number of carboxylic acid groups (broad SMARTS) is 1. The Balaban J connectivity index is 2.57. The van der Waals surface area contributed by atoms with Crippen molar-refractivity contribution in [2.75, 3.05) is 0 Å². The lowest BCUT2D eigenvalue weighted by molar-refractivity contribution is -0.137. The number of nitrogens with one attached hydrogen (secondary N) is 1. The summed E-state index contributed by atoms with van der Waals surface area (Å²) in [7, 11) is 0. The van der Waals surface area contributed by atoms with Crippen molar-refractivity contribution in [2.24, 2.45) is 5.73 Å². The van der Waals surface area contributed by atoms with Gasteiger partial charge in [0.05, 0.1) is 12.1 Å². The van der Waals surface area contributed by atoms with Crippen LogP contribution in [0, 0.1) is 5.82 Å². The van der Waals surface area contributed by atoms with Gasteiger partial charge in [0.15, 0.2) is 0 Å². The maximum atomic E-state index is 13.5. The molecule has 0 saturated heterocycles. The van der Waals surface area contributed by atoms with Gasteiger partial charge in [-0.1, -0.05) is 18.2 Å². The van der Waals surface area contributed by atoms with Crippen molar-refractivity contribution in [3.63, 3.8) is 0 Å². The molecule has 0 fully saturated rings. The third kappa shape index (κ3) is 4.67. The van der Waals surface area contributed by atoms with Crippen molar-refractivity contribution in [2.45, 2.75) is 31.8 Å². The number of aliphatic carboxylic acids is 1. The molecule has 0 radical (unpaired) electrons. The van der Waals surface area contributed by atoms with Crippen LogP contribution in [-0.2, 0) is 9.59 Å². The van der Waals surface area contributed by atoms with Gasteiger partial charge in [-0.3, -0.25) is 9.59 Å². The highest BCUT2D eigenvalue weighted by molar-refractivity contribution is 5.82. The number of carboxylic acids is 1. The molecule has 5 nitrogen and oxygen atoms in total. The molecule has 1 aromatic rings. The Hall–Kier alpha value is -1.95. The normalized spacial score (nSPS) is 13.6. The van der Waals surface area contributed by atoms with E-state index in [1.165, 1.54) is 6.07 Å². The molecule has 2 unspecified atom stereocenters. The van der Waals surface area contributed by atoms with Crippen LogP contribution in [0.15, 0.2) is 24.3 Å². The first kappa shape index (κ1) is 15.1. The van der Waals surface area contributed by atoms with Crippen LogP contribution in [0.25, 0.3) is 0 Å². The molecule has 4 N–H and O–H groups in total. The van der Waals surface area contributed by atoms with Crippen LogP contribution in [0.5, 0.6) is 0 Å². The number of halogens is 1. The molecule has 1 rings (SSSR count). The van der Waals surface area contributed by atoms with Crippen molar-refractivity contribution in [3.05, 3.63) is 35.6 Å². The van der Waals surface area contributed by atoms with Gasteiger partial charge < -0.3 is 16.2 Å². The molecule has 0 spiro atoms. The molecule has 0 aliphatic rings. The fourth-order valence-corrected chi connectivity index (χ4v) is 1.63. The predicted molar refractivity (Wildman–Crippen MR) is 67.8 cm³/mol. The molecule has 0 aliphatic heterocycles. The first-order valence-corrected chi connectivity index (χ1v) is 5.94. The largest absolute Gasteiger partial charge is 0.481 e. The van der Waals surface area contributed by atoms with E-state index in [1.807, 2.05) is 0 Å². The third-order valence-electron chi connectivity index (χ3n) is 2.74. The molecule has 19 heavy (non-hydrogen) atoms. The van der Waals surface area contributed by atoms with Gasteiger partial charge in [-0.2, -0.15) is 0 Å². The second kappa shape index (κ2) is 6.84. The summed E-state index contributed by atoms with van der Waals surface area (Å²) in [6.45, 7) is 1.64. The minimum absolute atomic E-state index is 0.0468. The Bertz CT molecular complexity index is 465. The van der Waals surface area contributed by atoms with Gasteiger partial charge >= 0.3 is 5.97 Å². The lowest BCUT2D eigenvalue weighted by atomic mass is 10.1. The summed E-state index contributed by atoms with van der Waals surface area (Å²) in [5.41, 5.74) is 5.92. The molecule has 0 aliphatic carbocycles. The summed E-state index contributed by atoms with van der Waals surface area (Å²) in [5.74, 6) is -1.91. The second-order valence-corrected chi connectivity index (χ2v) is 4.29. The SMILES string of the molecule is CC(NC(=O)C(N)CCC(=O)O)c1ccccc1F. The lowest BCUT2D eigenvalue weighted by Crippen LogP contribution is -2.42. The van der Waals surface area contributed by atoms with E-state index < -0.39 is 29.8 Å². The molecule has 1 aromatic carbocycles. The maximum Gasteiger partial charge on any atom is 0.303 e. The molecule has 0 saturated carbocycles. The van der Waals surface area contributed by atoms with Crippen LogP contribution in [0.3, 0.4) is 0 Å². The quantitative estimate of drug-likeness (QED) is 0.722. The zero-order chi connectivity index (χ0) is 14.4. The van der Waals surface area contributed by atoms with Crippen LogP contribution < -0.4 is 11.1 Å². The number of nitrogens with two attached hydrogens (primary N) is 1. The highest BCUT2D eigenvalue weighted by atomic mass is 19.1. The minimum Gasteiger partial charge on any atom is -0.481 e. The Labute approximate surface area is 110 Å². The van der Waals surface area contributed by atoms with Crippen molar-refractivity contribution >= 4 is 11.9 Å². The predicted octanol–water partition coefficient (Wildman–Crippen LogP) is 1.19. The van der Waals surface area contributed by atoms with E-state index in [0.717, 1.165) is 0 Å². The smallest absolute Gasteiger partial charge is 0.303 e. The Morgan fingerprint density at radius 2 is 2.05 bits per heavy atom. The number of rotatable bonds is 6. The summed E-state index contributed by atoms with van der Waals surface area (Å²) in [4.78, 5) is 22.1. The van der Waals surface area contributed by atoms with E-state index in [9.17, 15) is 14.0 Å². The topological polar surface area (TPSA) is 92.4 Å². The zero-order valence-corrected chi connectivity index (χ0v) is 10.6. The van der Waals surface area contributed by atoms with Crippen molar-refractivity contribution in [3.8, 4) is 0 Å². The highest BCUT2D eigenvalue weighted by Crippen LogP contribution is 2.16. The van der Waals surface area contributed by atoms with E-state index in [1.54, 1.807) is 25.1 Å². The number of carbonyl (C=O) groups excluding carboxylic acids is 1. The van der Waals surface area contributed by atoms with Crippen LogP contribution in [-0.4, -0.2) is 23.0 Å². The molecule has 0 bridgehead atoms. The molecule has 2 atom stereocenters. The number of hydrogen-bond donors (Lipinski definition) is 3. The van der Waals surface area contributed by atoms with Gasteiger partial charge in [0.1, 0.15) is 5.82 Å². The fraction of sp³-hybridized carbons (Fsp3) is 0.385. The lowest BCUT2D eigenvalue weighted by Gasteiger charge is -2.18. The molecule has 104 valence electrons. The number of amides is 1. The number of carbonyl (C=O) groups is 2. The number of hydrogen-bond acceptors (Lipinski definition) is 3. The van der Waals surface area contributed by atoms with Crippen molar-refractivity contribution in [1.82, 2.24) is 5.32 Å². The molecular formula is C13H17FN2O3. The van der Waals surface area contributed by atoms with E-state index in [-0.39, 0.29) is 12.8 Å². The van der Waals surface area contributed by atoms with Crippen LogP contribution in [0.4, 0.5) is 4.39 Å². The molecular weight excluding hydrogens is 251 g/mol. The van der Waals surface area contributed by atoms with Crippen LogP contribution in [0.1, 0.15) is 31.4 Å². The monoisotopic (exact) mass is 268 g/mol. The van der Waals surface area contributed by atoms with Gasteiger partial charge in [0, 0.05) is 12.0 Å². The summed E-state index contributed by atoms with van der Waals surface area (Å²) in [5, 5.41) is 11.1. The van der Waals surface area contributed by atoms with Gasteiger partial charge in [-0.25, -0.2) is 4.39 Å². The Morgan fingerprint density at radius 1 is 1.42 bits per heavy atom. The molecule has 6 heteroatoms. The van der Waals surface area contributed by atoms with E-state index in [0.29, 0.717) is 5.56 Å². The summed E-state index contributed by atoms with van der Waals surface area (Å²) >= 11 is 0. The van der Waals surface area contributed by atoms with E-state index >= 15 is 0 Å². The average Bonchev–Trinajstić information content (AvgIpc) is 2.36. The van der Waals surface area contributed by atoms with Crippen LogP contribution >= 0.6 is 0 Å². The zero-order valence-electron chi connectivity index (χ0n) is 10.6. The number of benzene rings is 1. The van der Waals surface area contributed by atoms with Crippen LogP contribution in [0.2, 0.25) is 0 Å². The van der Waals surface area contributed by atoms with Gasteiger partial charge in [-0.05, 0) is 19.4 Å². The second-order valence-electron chi connectivity index (χ2n) is 4.29.